The highest BCUT2D eigenvalue weighted by Gasteiger charge is 2.08. The van der Waals surface area contributed by atoms with E-state index in [-0.39, 0.29) is 0 Å². The van der Waals surface area contributed by atoms with Crippen molar-refractivity contribution < 1.29 is 0 Å². The van der Waals surface area contributed by atoms with Crippen molar-refractivity contribution >= 4 is 17.2 Å². The summed E-state index contributed by atoms with van der Waals surface area (Å²) in [6.07, 6.45) is 2.53. The maximum absolute atomic E-state index is 5.78. The number of anilines is 1. The molecule has 2 aromatic heterocycles. The van der Waals surface area contributed by atoms with Crippen molar-refractivity contribution in [3.8, 4) is 0 Å². The third-order valence-electron chi connectivity index (χ3n) is 2.20. The molecule has 4 nitrogen and oxygen atoms in total. The van der Waals surface area contributed by atoms with Gasteiger partial charge in [-0.2, -0.15) is 0 Å². The minimum absolute atomic E-state index is 0.564. The maximum atomic E-state index is 5.78. The molecule has 5 heteroatoms. The summed E-state index contributed by atoms with van der Waals surface area (Å²) in [7, 11) is 0. The van der Waals surface area contributed by atoms with E-state index >= 15 is 0 Å². The number of nitrogens with zero attached hydrogens (tertiary/aromatic N) is 3. The van der Waals surface area contributed by atoms with Crippen LogP contribution in [0.2, 0.25) is 0 Å². The van der Waals surface area contributed by atoms with E-state index in [4.69, 9.17) is 5.73 Å². The molecule has 0 unspecified atom stereocenters. The normalized spacial score (nSPS) is 10.5. The Bertz CT molecular complexity index is 465. The molecule has 2 rings (SSSR count). The molecule has 2 heterocycles. The monoisotopic (exact) mass is 220 g/mol. The van der Waals surface area contributed by atoms with Crippen LogP contribution in [0.25, 0.3) is 0 Å². The van der Waals surface area contributed by atoms with E-state index < -0.39 is 0 Å². The molecule has 0 aliphatic heterocycles. The van der Waals surface area contributed by atoms with Gasteiger partial charge in [0.05, 0.1) is 10.7 Å². The molecule has 0 spiro atoms. The average molecular weight is 220 g/mol. The minimum atomic E-state index is 0.564. The molecule has 2 N–H and O–H groups in total. The Hall–Kier alpha value is -1.49. The SMILES string of the molecule is Cc1nc(N)c(C)c(Cc2nccs2)n1. The third-order valence-corrected chi connectivity index (χ3v) is 2.98. The fourth-order valence-electron chi connectivity index (χ4n) is 1.37. The van der Waals surface area contributed by atoms with E-state index in [9.17, 15) is 0 Å². The number of hydrogen-bond donors (Lipinski definition) is 1. The fourth-order valence-corrected chi connectivity index (χ4v) is 1.99. The van der Waals surface area contributed by atoms with Crippen LogP contribution in [0.5, 0.6) is 0 Å². The number of hydrogen-bond acceptors (Lipinski definition) is 5. The molecule has 0 fully saturated rings. The van der Waals surface area contributed by atoms with Gasteiger partial charge in [-0.25, -0.2) is 15.0 Å². The zero-order valence-electron chi connectivity index (χ0n) is 8.69. The van der Waals surface area contributed by atoms with E-state index in [2.05, 4.69) is 15.0 Å². The lowest BCUT2D eigenvalue weighted by atomic mass is 10.2. The van der Waals surface area contributed by atoms with Gasteiger partial charge in [0, 0.05) is 23.6 Å². The first-order valence-corrected chi connectivity index (χ1v) is 5.52. The molecule has 78 valence electrons. The van der Waals surface area contributed by atoms with Crippen LogP contribution in [0.1, 0.15) is 22.1 Å². The molecule has 0 aromatic carbocycles. The second-order valence-electron chi connectivity index (χ2n) is 3.33. The highest BCUT2D eigenvalue weighted by molar-refractivity contribution is 7.09. The van der Waals surface area contributed by atoms with Gasteiger partial charge in [-0.15, -0.1) is 11.3 Å². The molecule has 0 amide bonds. The lowest BCUT2D eigenvalue weighted by Gasteiger charge is -2.06. The summed E-state index contributed by atoms with van der Waals surface area (Å²) in [5.41, 5.74) is 7.70. The molecular weight excluding hydrogens is 208 g/mol. The standard InChI is InChI=1S/C10H12N4S/c1-6-8(5-9-12-3-4-15-9)13-7(2)14-10(6)11/h3-4H,5H2,1-2H3,(H2,11,13,14). The van der Waals surface area contributed by atoms with Crippen molar-refractivity contribution in [1.82, 2.24) is 15.0 Å². The summed E-state index contributed by atoms with van der Waals surface area (Å²) in [4.78, 5) is 12.7. The molecule has 0 saturated heterocycles. The van der Waals surface area contributed by atoms with Gasteiger partial charge in [0.15, 0.2) is 0 Å². The minimum Gasteiger partial charge on any atom is -0.383 e. The van der Waals surface area contributed by atoms with Crippen molar-refractivity contribution in [2.24, 2.45) is 0 Å². The summed E-state index contributed by atoms with van der Waals surface area (Å²) >= 11 is 1.63. The van der Waals surface area contributed by atoms with Crippen molar-refractivity contribution in [1.29, 1.82) is 0 Å². The molecule has 2 aromatic rings. The first-order valence-electron chi connectivity index (χ1n) is 4.65. The van der Waals surface area contributed by atoms with Crippen LogP contribution in [0.4, 0.5) is 5.82 Å². The first kappa shape index (κ1) is 10.0. The van der Waals surface area contributed by atoms with E-state index in [0.29, 0.717) is 11.6 Å². The largest absolute Gasteiger partial charge is 0.383 e. The Balaban J connectivity index is 2.36. The highest BCUT2D eigenvalue weighted by atomic mass is 32.1. The lowest BCUT2D eigenvalue weighted by molar-refractivity contribution is 0.945. The summed E-state index contributed by atoms with van der Waals surface area (Å²) in [6.45, 7) is 3.79. The molecule has 0 bridgehead atoms. The van der Waals surface area contributed by atoms with Gasteiger partial charge in [-0.3, -0.25) is 0 Å². The first-order chi connectivity index (χ1) is 7.16. The van der Waals surface area contributed by atoms with Gasteiger partial charge in [0.25, 0.3) is 0 Å². The summed E-state index contributed by atoms with van der Waals surface area (Å²) in [5.74, 6) is 1.28. The number of rotatable bonds is 2. The maximum Gasteiger partial charge on any atom is 0.130 e. The van der Waals surface area contributed by atoms with Gasteiger partial charge in [0.2, 0.25) is 0 Å². The Morgan fingerprint density at radius 1 is 1.33 bits per heavy atom. The Morgan fingerprint density at radius 3 is 2.80 bits per heavy atom. The Labute approximate surface area is 92.2 Å². The van der Waals surface area contributed by atoms with Crippen LogP contribution in [-0.2, 0) is 6.42 Å². The van der Waals surface area contributed by atoms with Crippen molar-refractivity contribution in [3.63, 3.8) is 0 Å². The average Bonchev–Trinajstić information content (AvgIpc) is 2.66. The summed E-state index contributed by atoms with van der Waals surface area (Å²) in [5, 5.41) is 3.01. The zero-order valence-corrected chi connectivity index (χ0v) is 9.51. The van der Waals surface area contributed by atoms with Gasteiger partial charge in [0.1, 0.15) is 11.6 Å². The van der Waals surface area contributed by atoms with E-state index in [1.165, 1.54) is 0 Å². The topological polar surface area (TPSA) is 64.7 Å². The van der Waals surface area contributed by atoms with Crippen molar-refractivity contribution in [2.45, 2.75) is 20.3 Å². The molecule has 15 heavy (non-hydrogen) atoms. The Morgan fingerprint density at radius 2 is 2.13 bits per heavy atom. The predicted molar refractivity (Wildman–Crippen MR) is 60.8 cm³/mol. The predicted octanol–water partition coefficient (Wildman–Crippen LogP) is 1.72. The second-order valence-corrected chi connectivity index (χ2v) is 4.31. The quantitative estimate of drug-likeness (QED) is 0.837. The zero-order chi connectivity index (χ0) is 10.8. The molecule has 0 radical (unpaired) electrons. The number of aryl methyl sites for hydroxylation is 1. The number of aromatic nitrogens is 3. The van der Waals surface area contributed by atoms with Gasteiger partial charge in [-0.1, -0.05) is 0 Å². The van der Waals surface area contributed by atoms with Crippen LogP contribution in [-0.4, -0.2) is 15.0 Å². The van der Waals surface area contributed by atoms with Gasteiger partial charge < -0.3 is 5.73 Å². The van der Waals surface area contributed by atoms with Crippen LogP contribution < -0.4 is 5.73 Å². The third kappa shape index (κ3) is 2.12. The summed E-state index contributed by atoms with van der Waals surface area (Å²) < 4.78 is 0. The number of thiazole rings is 1. The molecule has 0 saturated carbocycles. The van der Waals surface area contributed by atoms with Crippen LogP contribution >= 0.6 is 11.3 Å². The van der Waals surface area contributed by atoms with Gasteiger partial charge >= 0.3 is 0 Å². The van der Waals surface area contributed by atoms with Crippen LogP contribution in [0.15, 0.2) is 11.6 Å². The van der Waals surface area contributed by atoms with Crippen molar-refractivity contribution in [2.75, 3.05) is 5.73 Å². The smallest absolute Gasteiger partial charge is 0.130 e. The number of nitrogen functional groups attached to an aromatic ring is 1. The van der Waals surface area contributed by atoms with Crippen LogP contribution in [0.3, 0.4) is 0 Å². The summed E-state index contributed by atoms with van der Waals surface area (Å²) in [6, 6.07) is 0. The molecule has 0 atom stereocenters. The van der Waals surface area contributed by atoms with Gasteiger partial charge in [-0.05, 0) is 13.8 Å². The fraction of sp³-hybridized carbons (Fsp3) is 0.300. The Kier molecular flexibility index (Phi) is 2.64. The molecular formula is C10H12N4S. The molecule has 0 aliphatic carbocycles. The molecule has 0 aliphatic rings. The van der Waals surface area contributed by atoms with Crippen LogP contribution in [0, 0.1) is 13.8 Å². The van der Waals surface area contributed by atoms with E-state index in [0.717, 1.165) is 22.7 Å². The highest BCUT2D eigenvalue weighted by Crippen LogP contribution is 2.17. The second kappa shape index (κ2) is 3.94. The van der Waals surface area contributed by atoms with E-state index in [1.807, 2.05) is 19.2 Å². The number of nitrogens with two attached hydrogens (primary N) is 1. The lowest BCUT2D eigenvalue weighted by Crippen LogP contribution is -2.05. The van der Waals surface area contributed by atoms with Crippen molar-refractivity contribution in [3.05, 3.63) is 33.7 Å². The van der Waals surface area contributed by atoms with E-state index in [1.54, 1.807) is 17.5 Å².